The first-order valence-corrected chi connectivity index (χ1v) is 5.78. The highest BCUT2D eigenvalue weighted by atomic mass is 16.4. The Morgan fingerprint density at radius 2 is 2.06 bits per heavy atom. The maximum atomic E-state index is 10.6. The van der Waals surface area contributed by atoms with Crippen molar-refractivity contribution >= 4 is 11.8 Å². The molecular weight excluding hydrogens is 218 g/mol. The number of aromatic nitrogens is 2. The third-order valence-electron chi connectivity index (χ3n) is 2.35. The van der Waals surface area contributed by atoms with Crippen molar-refractivity contribution in [1.29, 1.82) is 0 Å². The fourth-order valence-electron chi connectivity index (χ4n) is 1.33. The van der Waals surface area contributed by atoms with Crippen molar-refractivity contribution in [3.63, 3.8) is 0 Å². The third-order valence-corrected chi connectivity index (χ3v) is 2.35. The number of carboxylic acid groups (broad SMARTS) is 1. The number of carboxylic acids is 1. The van der Waals surface area contributed by atoms with Gasteiger partial charge in [0.2, 0.25) is 0 Å². The molecular formula is C12H19N3O2. The number of rotatable bonds is 6. The minimum Gasteiger partial charge on any atom is -0.481 e. The maximum absolute atomic E-state index is 10.6. The Balaban J connectivity index is 2.48. The average Bonchev–Trinajstić information content (AvgIpc) is 2.26. The highest BCUT2D eigenvalue weighted by Crippen LogP contribution is 2.07. The summed E-state index contributed by atoms with van der Waals surface area (Å²) in [6.07, 6.45) is 0.902. The first-order valence-electron chi connectivity index (χ1n) is 5.78. The molecule has 0 aliphatic carbocycles. The number of hydrogen-bond donors (Lipinski definition) is 2. The summed E-state index contributed by atoms with van der Waals surface area (Å²) in [4.78, 5) is 10.6. The highest BCUT2D eigenvalue weighted by molar-refractivity contribution is 5.70. The van der Waals surface area contributed by atoms with E-state index in [9.17, 15) is 4.79 Å². The van der Waals surface area contributed by atoms with Gasteiger partial charge in [-0.3, -0.25) is 4.79 Å². The SMILES string of the molecule is CC(C)Cc1ccc(NCC(C)C(=O)O)nn1. The lowest BCUT2D eigenvalue weighted by molar-refractivity contribution is -0.140. The van der Waals surface area contributed by atoms with Crippen molar-refractivity contribution in [3.8, 4) is 0 Å². The van der Waals surface area contributed by atoms with E-state index >= 15 is 0 Å². The van der Waals surface area contributed by atoms with E-state index in [-0.39, 0.29) is 0 Å². The van der Waals surface area contributed by atoms with Crippen molar-refractivity contribution in [2.24, 2.45) is 11.8 Å². The molecule has 0 amide bonds. The minimum atomic E-state index is -0.818. The number of hydrogen-bond acceptors (Lipinski definition) is 4. The van der Waals surface area contributed by atoms with Crippen molar-refractivity contribution < 1.29 is 9.90 Å². The second-order valence-corrected chi connectivity index (χ2v) is 4.63. The molecule has 17 heavy (non-hydrogen) atoms. The summed E-state index contributed by atoms with van der Waals surface area (Å²) in [5.74, 6) is -0.0882. The van der Waals surface area contributed by atoms with Gasteiger partial charge in [-0.05, 0) is 24.5 Å². The number of anilines is 1. The summed E-state index contributed by atoms with van der Waals surface area (Å²) in [5, 5.41) is 19.8. The van der Waals surface area contributed by atoms with Gasteiger partial charge in [0.25, 0.3) is 0 Å². The summed E-state index contributed by atoms with van der Waals surface area (Å²) in [5.41, 5.74) is 0.955. The van der Waals surface area contributed by atoms with Gasteiger partial charge in [0.1, 0.15) is 5.82 Å². The first-order chi connectivity index (χ1) is 7.99. The predicted molar refractivity (Wildman–Crippen MR) is 65.9 cm³/mol. The Morgan fingerprint density at radius 3 is 2.53 bits per heavy atom. The largest absolute Gasteiger partial charge is 0.481 e. The van der Waals surface area contributed by atoms with E-state index in [1.165, 1.54) is 0 Å². The molecule has 1 rings (SSSR count). The van der Waals surface area contributed by atoms with Crippen LogP contribution in [0.3, 0.4) is 0 Å². The molecule has 0 saturated carbocycles. The van der Waals surface area contributed by atoms with Crippen LogP contribution < -0.4 is 5.32 Å². The first kappa shape index (κ1) is 13.4. The lowest BCUT2D eigenvalue weighted by atomic mass is 10.1. The van der Waals surface area contributed by atoms with Crippen LogP contribution in [0.1, 0.15) is 26.5 Å². The molecule has 94 valence electrons. The van der Waals surface area contributed by atoms with E-state index in [4.69, 9.17) is 5.11 Å². The normalized spacial score (nSPS) is 12.5. The van der Waals surface area contributed by atoms with Crippen LogP contribution in [0.15, 0.2) is 12.1 Å². The number of nitrogens with one attached hydrogen (secondary N) is 1. The van der Waals surface area contributed by atoms with Crippen LogP contribution in [0.25, 0.3) is 0 Å². The van der Waals surface area contributed by atoms with Crippen molar-refractivity contribution in [2.75, 3.05) is 11.9 Å². The molecule has 5 nitrogen and oxygen atoms in total. The molecule has 5 heteroatoms. The second-order valence-electron chi connectivity index (χ2n) is 4.63. The molecule has 0 radical (unpaired) electrons. The molecule has 1 aromatic heterocycles. The smallest absolute Gasteiger partial charge is 0.308 e. The van der Waals surface area contributed by atoms with Crippen LogP contribution in [0.5, 0.6) is 0 Å². The quantitative estimate of drug-likeness (QED) is 0.789. The van der Waals surface area contributed by atoms with Crippen molar-refractivity contribution in [2.45, 2.75) is 27.2 Å². The van der Waals surface area contributed by atoms with E-state index < -0.39 is 11.9 Å². The number of nitrogens with zero attached hydrogens (tertiary/aromatic N) is 2. The van der Waals surface area contributed by atoms with Gasteiger partial charge in [-0.2, -0.15) is 5.10 Å². The molecule has 2 N–H and O–H groups in total. The summed E-state index contributed by atoms with van der Waals surface area (Å²) < 4.78 is 0. The van der Waals surface area contributed by atoms with Gasteiger partial charge in [0.05, 0.1) is 11.6 Å². The number of aliphatic carboxylic acids is 1. The van der Waals surface area contributed by atoms with Gasteiger partial charge in [0.15, 0.2) is 0 Å². The zero-order chi connectivity index (χ0) is 12.8. The van der Waals surface area contributed by atoms with Gasteiger partial charge in [-0.15, -0.1) is 5.10 Å². The summed E-state index contributed by atoms with van der Waals surface area (Å²) in [7, 11) is 0. The zero-order valence-corrected chi connectivity index (χ0v) is 10.5. The maximum Gasteiger partial charge on any atom is 0.308 e. The molecule has 0 fully saturated rings. The molecule has 1 unspecified atom stereocenters. The van der Waals surface area contributed by atoms with Crippen LogP contribution >= 0.6 is 0 Å². The van der Waals surface area contributed by atoms with Crippen molar-refractivity contribution in [1.82, 2.24) is 10.2 Å². The van der Waals surface area contributed by atoms with Crippen LogP contribution in [0, 0.1) is 11.8 Å². The fourth-order valence-corrected chi connectivity index (χ4v) is 1.33. The Morgan fingerprint density at radius 1 is 1.35 bits per heavy atom. The molecule has 0 saturated heterocycles. The summed E-state index contributed by atoms with van der Waals surface area (Å²) in [6.45, 7) is 6.26. The molecule has 0 aromatic carbocycles. The van der Waals surface area contributed by atoms with Gasteiger partial charge in [-0.25, -0.2) is 0 Å². The molecule has 1 aromatic rings. The molecule has 0 spiro atoms. The Labute approximate surface area is 101 Å². The Hall–Kier alpha value is -1.65. The number of carbonyl (C=O) groups is 1. The van der Waals surface area contributed by atoms with Crippen molar-refractivity contribution in [3.05, 3.63) is 17.8 Å². The zero-order valence-electron chi connectivity index (χ0n) is 10.5. The van der Waals surface area contributed by atoms with E-state index in [0.29, 0.717) is 18.3 Å². The topological polar surface area (TPSA) is 75.1 Å². The predicted octanol–water partition coefficient (Wildman–Crippen LogP) is 1.81. The van der Waals surface area contributed by atoms with E-state index in [1.54, 1.807) is 6.92 Å². The van der Waals surface area contributed by atoms with E-state index in [1.807, 2.05) is 12.1 Å². The molecule has 1 heterocycles. The standard InChI is InChI=1S/C12H19N3O2/c1-8(2)6-10-4-5-11(15-14-10)13-7-9(3)12(16)17/h4-5,8-9H,6-7H2,1-3H3,(H,13,15)(H,16,17). The van der Waals surface area contributed by atoms with Gasteiger partial charge >= 0.3 is 5.97 Å². The fraction of sp³-hybridized carbons (Fsp3) is 0.583. The highest BCUT2D eigenvalue weighted by Gasteiger charge is 2.10. The molecule has 0 bridgehead atoms. The van der Waals surface area contributed by atoms with Gasteiger partial charge in [0, 0.05) is 6.54 Å². The summed E-state index contributed by atoms with van der Waals surface area (Å²) >= 11 is 0. The van der Waals surface area contributed by atoms with Crippen LogP contribution in [-0.4, -0.2) is 27.8 Å². The molecule has 1 atom stereocenters. The lowest BCUT2D eigenvalue weighted by Crippen LogP contribution is -2.20. The average molecular weight is 237 g/mol. The van der Waals surface area contributed by atoms with Gasteiger partial charge < -0.3 is 10.4 Å². The molecule has 0 aliphatic heterocycles. The Bertz CT molecular complexity index is 363. The van der Waals surface area contributed by atoms with E-state index in [0.717, 1.165) is 12.1 Å². The Kier molecular flexibility index (Phi) is 4.87. The van der Waals surface area contributed by atoms with Gasteiger partial charge in [-0.1, -0.05) is 20.8 Å². The van der Waals surface area contributed by atoms with Crippen LogP contribution in [0.4, 0.5) is 5.82 Å². The van der Waals surface area contributed by atoms with Crippen LogP contribution in [0.2, 0.25) is 0 Å². The van der Waals surface area contributed by atoms with E-state index in [2.05, 4.69) is 29.4 Å². The second kappa shape index (κ2) is 6.18. The lowest BCUT2D eigenvalue weighted by Gasteiger charge is -2.09. The minimum absolute atomic E-state index is 0.355. The molecule has 0 aliphatic rings. The van der Waals surface area contributed by atoms with Crippen LogP contribution in [-0.2, 0) is 11.2 Å². The summed E-state index contributed by atoms with van der Waals surface area (Å²) in [6, 6.07) is 3.75. The monoisotopic (exact) mass is 237 g/mol. The third kappa shape index (κ3) is 4.80.